The van der Waals surface area contributed by atoms with Gasteiger partial charge in [-0.3, -0.25) is 14.4 Å². The number of hydrogen-bond donors (Lipinski definition) is 2. The molecule has 2 fully saturated rings. The third-order valence-corrected chi connectivity index (χ3v) is 6.72. The zero-order valence-corrected chi connectivity index (χ0v) is 19.8. The number of aromatic nitrogens is 1. The van der Waals surface area contributed by atoms with E-state index < -0.39 is 47.5 Å². The largest absolute Gasteiger partial charge is 0.472 e. The van der Waals surface area contributed by atoms with Crippen LogP contribution >= 0.6 is 0 Å². The smallest absolute Gasteiger partial charge is 0.407 e. The van der Waals surface area contributed by atoms with Gasteiger partial charge in [-0.05, 0) is 31.4 Å². The monoisotopic (exact) mass is 484 g/mol. The van der Waals surface area contributed by atoms with Gasteiger partial charge in [0.2, 0.25) is 17.4 Å². The maximum Gasteiger partial charge on any atom is 0.407 e. The van der Waals surface area contributed by atoms with E-state index in [1.165, 1.54) is 37.1 Å². The normalized spacial score (nSPS) is 24.3. The minimum absolute atomic E-state index is 0.0104. The highest BCUT2D eigenvalue weighted by atomic mass is 16.5. The highest BCUT2D eigenvalue weighted by Gasteiger charge is 2.56. The molecule has 1 saturated heterocycles. The molecule has 4 amide bonds. The molecule has 1 spiro atoms. The Morgan fingerprint density at radius 3 is 2.86 bits per heavy atom. The van der Waals surface area contributed by atoms with Gasteiger partial charge in [-0.15, -0.1) is 0 Å². The average molecular weight is 485 g/mol. The van der Waals surface area contributed by atoms with E-state index in [-0.39, 0.29) is 24.7 Å². The van der Waals surface area contributed by atoms with Gasteiger partial charge in [0.05, 0.1) is 19.7 Å². The second kappa shape index (κ2) is 9.40. The lowest BCUT2D eigenvalue weighted by molar-refractivity contribution is -0.146. The molecule has 4 atom stereocenters. The van der Waals surface area contributed by atoms with Crippen LogP contribution in [0, 0.1) is 17.2 Å². The Hall–Kier alpha value is -3.88. The predicted molar refractivity (Wildman–Crippen MR) is 121 cm³/mol. The molecule has 12 heteroatoms. The lowest BCUT2D eigenvalue weighted by Crippen LogP contribution is -2.57. The van der Waals surface area contributed by atoms with Crippen LogP contribution < -0.4 is 15.4 Å². The van der Waals surface area contributed by atoms with Crippen LogP contribution in [0.15, 0.2) is 18.3 Å². The maximum atomic E-state index is 13.8. The summed E-state index contributed by atoms with van der Waals surface area (Å²) in [6, 6.07) is 2.74. The zero-order valence-electron chi connectivity index (χ0n) is 19.8. The van der Waals surface area contributed by atoms with Crippen molar-refractivity contribution in [3.63, 3.8) is 0 Å². The van der Waals surface area contributed by atoms with Crippen molar-refractivity contribution in [3.05, 3.63) is 18.3 Å². The van der Waals surface area contributed by atoms with Gasteiger partial charge < -0.3 is 29.9 Å². The predicted octanol–water partition coefficient (Wildman–Crippen LogP) is 0.647. The standard InChI is InChI=1S/C23H28N6O6/c1-13(26-22(33)34-3)19(30)28(2)16(9-14-6-7-14)20(31)29-12-23(10-15(29)11-24)21(32)27-18-17(35-23)5-4-8-25-18/h4-5,8,13-16H,6-7,9-10,12H2,1-3H3,(H,26,33)(H,25,27,32)/t13-,15-,16-,23+/m0/s1. The number of amides is 4. The number of likely N-dealkylation sites (tertiary alicyclic amines) is 1. The molecule has 3 heterocycles. The molecule has 2 N–H and O–H groups in total. The van der Waals surface area contributed by atoms with Gasteiger partial charge in [0.25, 0.3) is 5.91 Å². The number of pyridine rings is 1. The number of nitriles is 1. The molecule has 0 bridgehead atoms. The van der Waals surface area contributed by atoms with Crippen molar-refractivity contribution >= 4 is 29.6 Å². The highest BCUT2D eigenvalue weighted by Crippen LogP contribution is 2.40. The van der Waals surface area contributed by atoms with E-state index in [1.807, 2.05) is 0 Å². The zero-order chi connectivity index (χ0) is 25.3. The van der Waals surface area contributed by atoms with Crippen molar-refractivity contribution in [3.8, 4) is 11.8 Å². The van der Waals surface area contributed by atoms with Gasteiger partial charge >= 0.3 is 6.09 Å². The van der Waals surface area contributed by atoms with Crippen LogP contribution in [0.3, 0.4) is 0 Å². The Balaban J connectivity index is 1.56. The van der Waals surface area contributed by atoms with E-state index in [0.717, 1.165) is 12.8 Å². The second-order valence-corrected chi connectivity index (χ2v) is 9.22. The summed E-state index contributed by atoms with van der Waals surface area (Å²) in [4.78, 5) is 58.1. The Morgan fingerprint density at radius 1 is 1.46 bits per heavy atom. The Bertz CT molecular complexity index is 1080. The maximum absolute atomic E-state index is 13.8. The van der Waals surface area contributed by atoms with Gasteiger partial charge in [-0.1, -0.05) is 12.8 Å². The third-order valence-electron chi connectivity index (χ3n) is 6.72. The van der Waals surface area contributed by atoms with Gasteiger partial charge in [0.1, 0.15) is 18.1 Å². The summed E-state index contributed by atoms with van der Waals surface area (Å²) >= 11 is 0. The molecule has 0 radical (unpaired) electrons. The van der Waals surface area contributed by atoms with E-state index in [1.54, 1.807) is 12.1 Å². The molecule has 186 valence electrons. The van der Waals surface area contributed by atoms with Crippen LogP contribution in [0.5, 0.6) is 5.75 Å². The number of fused-ring (bicyclic) bond motifs is 1. The summed E-state index contributed by atoms with van der Waals surface area (Å²) in [6.07, 6.45) is 3.07. The van der Waals surface area contributed by atoms with Crippen LogP contribution in [0.1, 0.15) is 32.6 Å². The number of carbonyl (C=O) groups excluding carboxylic acids is 4. The van der Waals surface area contributed by atoms with Gasteiger partial charge in [0.15, 0.2) is 11.6 Å². The van der Waals surface area contributed by atoms with E-state index in [0.29, 0.717) is 12.2 Å². The van der Waals surface area contributed by atoms with E-state index in [2.05, 4.69) is 26.4 Å². The molecule has 3 aliphatic rings. The Kier molecular flexibility index (Phi) is 6.51. The topological polar surface area (TPSA) is 154 Å². The Morgan fingerprint density at radius 2 is 2.20 bits per heavy atom. The first-order valence-electron chi connectivity index (χ1n) is 11.5. The first-order chi connectivity index (χ1) is 16.7. The molecule has 1 aromatic heterocycles. The van der Waals surface area contributed by atoms with Crippen molar-refractivity contribution in [1.29, 1.82) is 5.26 Å². The fourth-order valence-corrected chi connectivity index (χ4v) is 4.54. The minimum atomic E-state index is -1.43. The van der Waals surface area contributed by atoms with E-state index >= 15 is 0 Å². The number of carbonyl (C=O) groups is 4. The lowest BCUT2D eigenvalue weighted by atomic mass is 9.97. The molecule has 1 aromatic rings. The third kappa shape index (κ3) is 4.71. The molecule has 4 rings (SSSR count). The molecule has 1 aliphatic carbocycles. The van der Waals surface area contributed by atoms with Crippen LogP contribution in [0.2, 0.25) is 0 Å². The molecule has 0 aromatic carbocycles. The van der Waals surface area contributed by atoms with Crippen LogP contribution in [0.25, 0.3) is 0 Å². The molecule has 12 nitrogen and oxygen atoms in total. The highest BCUT2D eigenvalue weighted by molar-refractivity contribution is 6.01. The van der Waals surface area contributed by atoms with Crippen molar-refractivity contribution in [2.24, 2.45) is 5.92 Å². The molecule has 1 saturated carbocycles. The van der Waals surface area contributed by atoms with Crippen LogP contribution in [-0.2, 0) is 19.1 Å². The summed E-state index contributed by atoms with van der Waals surface area (Å²) in [5.41, 5.74) is -1.43. The van der Waals surface area contributed by atoms with Gasteiger partial charge in [-0.25, -0.2) is 9.78 Å². The number of nitrogens with zero attached hydrogens (tertiary/aromatic N) is 4. The van der Waals surface area contributed by atoms with Crippen molar-refractivity contribution < 1.29 is 28.7 Å². The number of alkyl carbamates (subject to hydrolysis) is 1. The lowest BCUT2D eigenvalue weighted by Gasteiger charge is -2.35. The van der Waals surface area contributed by atoms with Gasteiger partial charge in [0, 0.05) is 19.7 Å². The Labute approximate surface area is 202 Å². The second-order valence-electron chi connectivity index (χ2n) is 9.22. The number of rotatable bonds is 6. The molecule has 35 heavy (non-hydrogen) atoms. The van der Waals surface area contributed by atoms with Crippen LogP contribution in [0.4, 0.5) is 10.6 Å². The summed E-state index contributed by atoms with van der Waals surface area (Å²) in [6.45, 7) is 1.37. The van der Waals surface area contributed by atoms with Crippen molar-refractivity contribution in [1.82, 2.24) is 20.1 Å². The first-order valence-corrected chi connectivity index (χ1v) is 11.5. The minimum Gasteiger partial charge on any atom is -0.472 e. The molecular formula is C23H28N6O6. The van der Waals surface area contributed by atoms with E-state index in [9.17, 15) is 24.4 Å². The van der Waals surface area contributed by atoms with E-state index in [4.69, 9.17) is 4.74 Å². The number of likely N-dealkylation sites (N-methyl/N-ethyl adjacent to an activating group) is 1. The first kappa shape index (κ1) is 24.3. The van der Waals surface area contributed by atoms with Gasteiger partial charge in [-0.2, -0.15) is 5.26 Å². The summed E-state index contributed by atoms with van der Waals surface area (Å²) in [5.74, 6) is -0.447. The number of anilines is 1. The quantitative estimate of drug-likeness (QED) is 0.596. The summed E-state index contributed by atoms with van der Waals surface area (Å²) < 4.78 is 10.6. The summed E-state index contributed by atoms with van der Waals surface area (Å²) in [5, 5.41) is 15.0. The molecule has 0 unspecified atom stereocenters. The summed E-state index contributed by atoms with van der Waals surface area (Å²) in [7, 11) is 2.69. The SMILES string of the molecule is COC(=O)N[C@@H](C)C(=O)N(C)[C@@H](CC1CC1)C(=O)N1C[C@@]2(C[C@H]1C#N)Oc1cccnc1NC2=O. The number of methoxy groups -OCH3 is 1. The van der Waals surface area contributed by atoms with Crippen LogP contribution in [-0.4, -0.2) is 83.0 Å². The number of ether oxygens (including phenoxy) is 2. The van der Waals surface area contributed by atoms with Crippen molar-refractivity contribution in [2.45, 2.75) is 56.3 Å². The fourth-order valence-electron chi connectivity index (χ4n) is 4.54. The van der Waals surface area contributed by atoms with Crippen molar-refractivity contribution in [2.75, 3.05) is 26.0 Å². The average Bonchev–Trinajstić information content (AvgIpc) is 3.60. The number of hydrogen-bond acceptors (Lipinski definition) is 8. The molecule has 2 aliphatic heterocycles. The molecular weight excluding hydrogens is 456 g/mol. The fraction of sp³-hybridized carbons (Fsp3) is 0.565. The number of nitrogens with one attached hydrogen (secondary N) is 2.